The standard InChI is InChI=1S/C21H34N2O2/c1-4-23(5-2)17-16-22(3)21(25,19-14-10-7-11-15-19)20(24)18-12-8-6-9-13-18/h6,8-9,12-13,19,25H,4-5,7,10-11,14-17H2,1-3H3. The SMILES string of the molecule is CCN(CC)CCN(C)C(O)(C(=O)c1ccccc1)C1CCCCC1. The zero-order valence-electron chi connectivity index (χ0n) is 16.1. The summed E-state index contributed by atoms with van der Waals surface area (Å²) >= 11 is 0. The molecule has 0 aliphatic heterocycles. The Hall–Kier alpha value is -1.23. The van der Waals surface area contributed by atoms with E-state index in [9.17, 15) is 9.90 Å². The molecule has 2 rings (SSSR count). The van der Waals surface area contributed by atoms with Crippen molar-refractivity contribution in [3.63, 3.8) is 0 Å². The van der Waals surface area contributed by atoms with Crippen molar-refractivity contribution in [2.75, 3.05) is 33.2 Å². The molecule has 1 N–H and O–H groups in total. The zero-order chi connectivity index (χ0) is 18.3. The van der Waals surface area contributed by atoms with E-state index in [1.54, 1.807) is 0 Å². The Morgan fingerprint density at radius 3 is 2.24 bits per heavy atom. The van der Waals surface area contributed by atoms with E-state index >= 15 is 0 Å². The molecule has 1 aliphatic carbocycles. The average molecular weight is 347 g/mol. The third-order valence-electron chi connectivity index (χ3n) is 5.77. The van der Waals surface area contributed by atoms with Gasteiger partial charge >= 0.3 is 0 Å². The molecule has 0 amide bonds. The Morgan fingerprint density at radius 2 is 1.68 bits per heavy atom. The summed E-state index contributed by atoms with van der Waals surface area (Å²) in [6.07, 6.45) is 5.24. The van der Waals surface area contributed by atoms with Crippen molar-refractivity contribution in [2.45, 2.75) is 51.7 Å². The van der Waals surface area contributed by atoms with Gasteiger partial charge in [-0.25, -0.2) is 0 Å². The molecule has 1 unspecified atom stereocenters. The normalized spacial score (nSPS) is 18.5. The molecule has 1 fully saturated rings. The van der Waals surface area contributed by atoms with Crippen LogP contribution < -0.4 is 0 Å². The lowest BCUT2D eigenvalue weighted by Crippen LogP contribution is -2.59. The van der Waals surface area contributed by atoms with Gasteiger partial charge < -0.3 is 10.0 Å². The third-order valence-corrected chi connectivity index (χ3v) is 5.77. The molecule has 0 radical (unpaired) electrons. The van der Waals surface area contributed by atoms with E-state index in [1.807, 2.05) is 42.3 Å². The molecule has 0 bridgehead atoms. The second-order valence-corrected chi connectivity index (χ2v) is 7.20. The summed E-state index contributed by atoms with van der Waals surface area (Å²) in [4.78, 5) is 17.5. The van der Waals surface area contributed by atoms with Gasteiger partial charge in [0.05, 0.1) is 0 Å². The highest BCUT2D eigenvalue weighted by Crippen LogP contribution is 2.36. The van der Waals surface area contributed by atoms with Gasteiger partial charge in [-0.15, -0.1) is 0 Å². The summed E-state index contributed by atoms with van der Waals surface area (Å²) in [5.41, 5.74) is -0.806. The van der Waals surface area contributed by atoms with Crippen LogP contribution in [-0.4, -0.2) is 59.6 Å². The predicted molar refractivity (Wildman–Crippen MR) is 103 cm³/mol. The van der Waals surface area contributed by atoms with Gasteiger partial charge in [0, 0.05) is 24.6 Å². The van der Waals surface area contributed by atoms with Crippen LogP contribution in [0.15, 0.2) is 30.3 Å². The van der Waals surface area contributed by atoms with Crippen molar-refractivity contribution < 1.29 is 9.90 Å². The summed E-state index contributed by atoms with van der Waals surface area (Å²) in [6.45, 7) is 7.81. The molecular weight excluding hydrogens is 312 g/mol. The number of hydrogen-bond donors (Lipinski definition) is 1. The van der Waals surface area contributed by atoms with E-state index in [0.717, 1.165) is 45.3 Å². The van der Waals surface area contributed by atoms with E-state index in [2.05, 4.69) is 18.7 Å². The topological polar surface area (TPSA) is 43.8 Å². The fourth-order valence-electron chi connectivity index (χ4n) is 3.98. The predicted octanol–water partition coefficient (Wildman–Crippen LogP) is 3.41. The Kier molecular flexibility index (Phi) is 7.60. The van der Waals surface area contributed by atoms with Gasteiger partial charge in [0.15, 0.2) is 5.72 Å². The number of aliphatic hydroxyl groups is 1. The van der Waals surface area contributed by atoms with Crippen LogP contribution >= 0.6 is 0 Å². The number of carbonyl (C=O) groups excluding carboxylic acids is 1. The molecule has 0 heterocycles. The smallest absolute Gasteiger partial charge is 0.209 e. The molecule has 1 aromatic carbocycles. The minimum absolute atomic E-state index is 0.00987. The monoisotopic (exact) mass is 346 g/mol. The lowest BCUT2D eigenvalue weighted by Gasteiger charge is -2.44. The van der Waals surface area contributed by atoms with E-state index < -0.39 is 5.72 Å². The van der Waals surface area contributed by atoms with Gasteiger partial charge in [-0.3, -0.25) is 9.69 Å². The number of ketones is 1. The van der Waals surface area contributed by atoms with Crippen molar-refractivity contribution in [1.29, 1.82) is 0 Å². The highest BCUT2D eigenvalue weighted by Gasteiger charge is 2.47. The largest absolute Gasteiger partial charge is 0.368 e. The Labute approximate surface area is 152 Å². The van der Waals surface area contributed by atoms with Crippen molar-refractivity contribution in [2.24, 2.45) is 5.92 Å². The van der Waals surface area contributed by atoms with Crippen molar-refractivity contribution >= 4 is 5.78 Å². The van der Waals surface area contributed by atoms with Crippen LogP contribution in [0.25, 0.3) is 0 Å². The van der Waals surface area contributed by atoms with Crippen molar-refractivity contribution in [3.8, 4) is 0 Å². The quantitative estimate of drug-likeness (QED) is 0.550. The first-order chi connectivity index (χ1) is 12.0. The first-order valence-electron chi connectivity index (χ1n) is 9.79. The van der Waals surface area contributed by atoms with Gasteiger partial charge in [0.1, 0.15) is 0 Å². The molecule has 0 aromatic heterocycles. The number of rotatable bonds is 9. The lowest BCUT2D eigenvalue weighted by molar-refractivity contribution is -0.113. The number of benzene rings is 1. The Balaban J connectivity index is 2.23. The minimum Gasteiger partial charge on any atom is -0.368 e. The number of nitrogens with zero attached hydrogens (tertiary/aromatic N) is 2. The first kappa shape index (κ1) is 20.1. The Bertz CT molecular complexity index is 524. The number of Topliss-reactive ketones (excluding diaryl/α,β-unsaturated/α-hetero) is 1. The second-order valence-electron chi connectivity index (χ2n) is 7.20. The summed E-state index contributed by atoms with van der Waals surface area (Å²) in [6, 6.07) is 9.26. The van der Waals surface area contributed by atoms with E-state index in [-0.39, 0.29) is 11.7 Å². The molecule has 4 heteroatoms. The molecular formula is C21H34N2O2. The zero-order valence-corrected chi connectivity index (χ0v) is 16.1. The molecule has 0 spiro atoms. The fraction of sp³-hybridized carbons (Fsp3) is 0.667. The second kappa shape index (κ2) is 9.46. The minimum atomic E-state index is -1.41. The average Bonchev–Trinajstić information content (AvgIpc) is 2.68. The first-order valence-corrected chi connectivity index (χ1v) is 9.79. The van der Waals surface area contributed by atoms with Crippen LogP contribution in [0.2, 0.25) is 0 Å². The van der Waals surface area contributed by atoms with Gasteiger partial charge in [0.25, 0.3) is 0 Å². The van der Waals surface area contributed by atoms with Gasteiger partial charge in [-0.2, -0.15) is 0 Å². The van der Waals surface area contributed by atoms with Crippen molar-refractivity contribution in [1.82, 2.24) is 9.80 Å². The third kappa shape index (κ3) is 4.69. The van der Waals surface area contributed by atoms with Gasteiger partial charge in [-0.1, -0.05) is 63.4 Å². The van der Waals surface area contributed by atoms with Gasteiger partial charge in [0.2, 0.25) is 5.78 Å². The molecule has 25 heavy (non-hydrogen) atoms. The maximum Gasteiger partial charge on any atom is 0.209 e. The van der Waals surface area contributed by atoms with Crippen molar-refractivity contribution in [3.05, 3.63) is 35.9 Å². The highest BCUT2D eigenvalue weighted by molar-refractivity contribution is 6.02. The highest BCUT2D eigenvalue weighted by atomic mass is 16.3. The lowest BCUT2D eigenvalue weighted by atomic mass is 9.77. The van der Waals surface area contributed by atoms with Crippen LogP contribution in [0, 0.1) is 5.92 Å². The maximum atomic E-state index is 13.3. The maximum absolute atomic E-state index is 13.3. The van der Waals surface area contributed by atoms with Crippen LogP contribution in [-0.2, 0) is 0 Å². The van der Waals surface area contributed by atoms with Crippen LogP contribution in [0.4, 0.5) is 0 Å². The molecule has 1 aromatic rings. The fourth-order valence-corrected chi connectivity index (χ4v) is 3.98. The molecule has 1 atom stereocenters. The summed E-state index contributed by atoms with van der Waals surface area (Å²) in [7, 11) is 1.90. The number of carbonyl (C=O) groups is 1. The summed E-state index contributed by atoms with van der Waals surface area (Å²) in [5, 5.41) is 11.6. The van der Waals surface area contributed by atoms with Gasteiger partial charge in [-0.05, 0) is 33.0 Å². The van der Waals surface area contributed by atoms with Crippen LogP contribution in [0.5, 0.6) is 0 Å². The Morgan fingerprint density at radius 1 is 1.08 bits per heavy atom. The van der Waals surface area contributed by atoms with E-state index in [4.69, 9.17) is 0 Å². The number of likely N-dealkylation sites (N-methyl/N-ethyl adjacent to an activating group) is 2. The summed E-state index contributed by atoms with van der Waals surface area (Å²) < 4.78 is 0. The molecule has 1 saturated carbocycles. The van der Waals surface area contributed by atoms with E-state index in [0.29, 0.717) is 12.1 Å². The molecule has 1 aliphatic rings. The van der Waals surface area contributed by atoms with E-state index in [1.165, 1.54) is 6.42 Å². The summed E-state index contributed by atoms with van der Waals surface area (Å²) in [5.74, 6) is -0.141. The van der Waals surface area contributed by atoms with Crippen LogP contribution in [0.3, 0.4) is 0 Å². The molecule has 4 nitrogen and oxygen atoms in total. The molecule has 140 valence electrons. The van der Waals surface area contributed by atoms with Crippen LogP contribution in [0.1, 0.15) is 56.3 Å². The number of hydrogen-bond acceptors (Lipinski definition) is 4. The molecule has 0 saturated heterocycles.